The summed E-state index contributed by atoms with van der Waals surface area (Å²) >= 11 is 0. The minimum absolute atomic E-state index is 0.0728. The molecule has 35 atom stereocenters. The van der Waals surface area contributed by atoms with Gasteiger partial charge in [0.25, 0.3) is 0 Å². The monoisotopic (exact) mass is 1300 g/mol. The van der Waals surface area contributed by atoms with Gasteiger partial charge in [-0.3, -0.25) is 4.79 Å². The molecule has 0 unspecified atom stereocenters. The number of fused-ring (bicyclic) bond motifs is 7. The highest BCUT2D eigenvalue weighted by Crippen LogP contribution is 2.75. The van der Waals surface area contributed by atoms with Crippen molar-refractivity contribution in [2.75, 3.05) is 39.6 Å². The van der Waals surface area contributed by atoms with E-state index >= 15 is 4.79 Å². The molecular weight excluding hydrogens is 1200 g/mol. The van der Waals surface area contributed by atoms with Crippen LogP contribution in [0.1, 0.15) is 93.4 Å². The van der Waals surface area contributed by atoms with Crippen molar-refractivity contribution < 1.29 is 149 Å². The summed E-state index contributed by atoms with van der Waals surface area (Å²) in [6, 6.07) is 0. The van der Waals surface area contributed by atoms with Crippen LogP contribution in [0, 0.1) is 50.2 Å². The lowest BCUT2D eigenvalue weighted by Crippen LogP contribution is -2.71. The van der Waals surface area contributed by atoms with Crippen molar-refractivity contribution in [1.82, 2.24) is 0 Å². The number of ether oxygens (including phenoxy) is 10. The fourth-order valence-corrected chi connectivity index (χ4v) is 17.8. The molecule has 30 heteroatoms. The second-order valence-electron chi connectivity index (χ2n) is 29.3. The molecule has 518 valence electrons. The van der Waals surface area contributed by atoms with Crippen LogP contribution in [0.4, 0.5) is 0 Å². The van der Waals surface area contributed by atoms with Gasteiger partial charge in [-0.25, -0.2) is 0 Å². The van der Waals surface area contributed by atoms with Crippen LogP contribution in [0.5, 0.6) is 0 Å². The molecule has 0 bridgehead atoms. The molecule has 0 aromatic heterocycles. The number of carbonyl (C=O) groups is 1. The zero-order valence-corrected chi connectivity index (χ0v) is 51.7. The molecule has 0 spiro atoms. The predicted molar refractivity (Wildman–Crippen MR) is 298 cm³/mol. The van der Waals surface area contributed by atoms with Gasteiger partial charge in [0.15, 0.2) is 31.5 Å². The molecule has 0 aromatic carbocycles. The van der Waals surface area contributed by atoms with Crippen LogP contribution in [-0.4, -0.2) is 314 Å². The van der Waals surface area contributed by atoms with Crippen molar-refractivity contribution in [2.24, 2.45) is 50.2 Å². The van der Waals surface area contributed by atoms with Crippen LogP contribution >= 0.6 is 0 Å². The Morgan fingerprint density at radius 3 is 1.43 bits per heavy atom. The molecule has 10 aliphatic rings. The number of Topliss-reactive ketones (excluding diaryl/α,β-unsaturated/α-hetero) is 1. The average Bonchev–Trinajstić information content (AvgIpc) is 0.672. The van der Waals surface area contributed by atoms with E-state index in [0.29, 0.717) is 32.1 Å². The minimum Gasteiger partial charge on any atom is -0.394 e. The van der Waals surface area contributed by atoms with Crippen LogP contribution in [0.3, 0.4) is 0 Å². The summed E-state index contributed by atoms with van der Waals surface area (Å²) in [7, 11) is 0. The third kappa shape index (κ3) is 11.6. The molecule has 5 aliphatic carbocycles. The Balaban J connectivity index is 0.893. The zero-order chi connectivity index (χ0) is 66.0. The van der Waals surface area contributed by atoms with Crippen molar-refractivity contribution >= 4 is 5.78 Å². The van der Waals surface area contributed by atoms with Crippen LogP contribution in [-0.2, 0) is 52.2 Å². The SMILES string of the molecule is CC1(C)C[C@H]2C3=CC[C@@H]4[C@@]5(C)CC[C@H](O[C@@H]6O[C@H](CO[C@@H]7O[C@H](CO)[C@@H](O)[C@H](O)[C@H]7O)[C@@H](O)[C@H](O)[C@H]6O[C@@H]6O[C@H](CO)[C@@H](O)[C@H](O)[C@H]6O)C(C)(C)[C@@H]5CC[C@@]4(C)[C@]3(C)CC(=O)[C@@]2(CO[C@@H]2O[C@H](CO[C@@H]3O[C@H](CO)[C@@H](O)[C@H](O)[C@H]3O)[C@@H](O)[C@H](O)[C@H]2O)[C@@H](O)[C@@H]1O. The molecule has 5 heterocycles. The Morgan fingerprint density at radius 2 is 0.922 bits per heavy atom. The smallest absolute Gasteiger partial charge is 0.187 e. The van der Waals surface area contributed by atoms with Crippen LogP contribution in [0.25, 0.3) is 0 Å². The first-order valence-corrected chi connectivity index (χ1v) is 31.5. The first-order valence-electron chi connectivity index (χ1n) is 31.5. The van der Waals surface area contributed by atoms with E-state index in [-0.39, 0.29) is 24.7 Å². The van der Waals surface area contributed by atoms with Crippen LogP contribution < -0.4 is 0 Å². The number of hydrogen-bond acceptors (Lipinski definition) is 30. The van der Waals surface area contributed by atoms with E-state index < -0.39 is 256 Å². The molecule has 30 nitrogen and oxygen atoms in total. The normalized spacial score (nSPS) is 54.4. The highest BCUT2D eigenvalue weighted by Gasteiger charge is 2.73. The van der Waals surface area contributed by atoms with Crippen LogP contribution in [0.2, 0.25) is 0 Å². The number of carbonyl (C=O) groups excluding carboxylic acids is 1. The molecule has 0 aromatic rings. The highest BCUT2D eigenvalue weighted by atomic mass is 16.8. The van der Waals surface area contributed by atoms with E-state index in [0.717, 1.165) is 5.57 Å². The van der Waals surface area contributed by atoms with E-state index in [9.17, 15) is 97.0 Å². The maximum Gasteiger partial charge on any atom is 0.187 e. The fourth-order valence-electron chi connectivity index (χ4n) is 17.8. The summed E-state index contributed by atoms with van der Waals surface area (Å²) < 4.78 is 59.7. The van der Waals surface area contributed by atoms with Crippen molar-refractivity contribution in [1.29, 1.82) is 0 Å². The fraction of sp³-hybridized carbons (Fsp3) is 0.950. The molecule has 5 saturated heterocycles. The first kappa shape index (κ1) is 71.0. The molecule has 9 fully saturated rings. The molecule has 0 amide bonds. The predicted octanol–water partition coefficient (Wildman–Crippen LogP) is -6.62. The summed E-state index contributed by atoms with van der Waals surface area (Å²) in [4.78, 5) is 15.7. The summed E-state index contributed by atoms with van der Waals surface area (Å²) in [5.74, 6) is -1.33. The Kier molecular flexibility index (Phi) is 20.7. The van der Waals surface area contributed by atoms with Gasteiger partial charge in [-0.05, 0) is 77.9 Å². The van der Waals surface area contributed by atoms with E-state index in [2.05, 4.69) is 26.8 Å². The third-order valence-corrected chi connectivity index (χ3v) is 23.6. The van der Waals surface area contributed by atoms with Crippen molar-refractivity contribution in [3.05, 3.63) is 11.6 Å². The lowest BCUT2D eigenvalue weighted by molar-refractivity contribution is -0.382. The Morgan fingerprint density at radius 1 is 0.478 bits per heavy atom. The maximum absolute atomic E-state index is 15.7. The minimum atomic E-state index is -1.93. The van der Waals surface area contributed by atoms with E-state index in [1.807, 2.05) is 13.8 Å². The summed E-state index contributed by atoms with van der Waals surface area (Å²) in [6.45, 7) is 10.1. The first-order chi connectivity index (χ1) is 42.1. The standard InChI is InChI=1S/C60H98O30/c1-55(2)14-23-22-8-9-30-57(5)12-11-32(89-54-47(90-53-46(78)40(72)35(67)26(18-63)86-53)42(74)37(69)28(88-54)20-82-51-44(76)39(71)34(66)25(17-62)85-51)56(3,4)29(57)10-13-58(30,6)59(22,7)15-31(64)60(23,49(80)48(55)79)21-83-52-45(77)41(73)36(68)27(87-52)19-81-50-43(75)38(70)33(65)24(16-61)84-50/h8,23-30,32-54,61-63,65-80H,9-21H2,1-7H3/t23-,24+,25+,26+,27+,28+,29-,30+,32-,33+,34+,35+,36+,37+,38-,39-,40-,41-,42-,43+,44+,45+,46+,47+,48-,49-,50+,51+,52+,53-,54-,57-,58+,59+,60-/m0/s1. The molecule has 10 rings (SSSR count). The Labute approximate surface area is 520 Å². The van der Waals surface area contributed by atoms with Gasteiger partial charge in [0.1, 0.15) is 128 Å². The summed E-state index contributed by atoms with van der Waals surface area (Å²) in [6.07, 6.45) is -41.7. The van der Waals surface area contributed by atoms with Gasteiger partial charge >= 0.3 is 0 Å². The number of allylic oxidation sites excluding steroid dienone is 2. The average molecular weight is 1300 g/mol. The van der Waals surface area contributed by atoms with Crippen LogP contribution in [0.15, 0.2) is 11.6 Å². The topological polar surface area (TPSA) is 494 Å². The molecule has 5 aliphatic heterocycles. The molecule has 90 heavy (non-hydrogen) atoms. The van der Waals surface area contributed by atoms with Gasteiger partial charge in [0.05, 0.1) is 63.4 Å². The van der Waals surface area contributed by atoms with Gasteiger partial charge in [0, 0.05) is 11.8 Å². The van der Waals surface area contributed by atoms with Gasteiger partial charge in [-0.15, -0.1) is 0 Å². The molecule has 4 saturated carbocycles. The zero-order valence-electron chi connectivity index (χ0n) is 51.7. The van der Waals surface area contributed by atoms with Crippen molar-refractivity contribution in [3.8, 4) is 0 Å². The number of aliphatic hydroxyl groups is 19. The molecular formula is C60H98O30. The van der Waals surface area contributed by atoms with Gasteiger partial charge in [-0.1, -0.05) is 60.1 Å². The van der Waals surface area contributed by atoms with E-state index in [1.54, 1.807) is 13.8 Å². The second kappa shape index (κ2) is 26.2. The third-order valence-electron chi connectivity index (χ3n) is 23.6. The molecule has 0 radical (unpaired) electrons. The molecule has 19 N–H and O–H groups in total. The van der Waals surface area contributed by atoms with Crippen molar-refractivity contribution in [2.45, 2.75) is 265 Å². The Bertz CT molecular complexity index is 2510. The number of hydrogen-bond donors (Lipinski definition) is 19. The van der Waals surface area contributed by atoms with Gasteiger partial charge < -0.3 is 144 Å². The quantitative estimate of drug-likeness (QED) is 0.0505. The lowest BCUT2D eigenvalue weighted by atomic mass is 9.33. The van der Waals surface area contributed by atoms with E-state index in [4.69, 9.17) is 47.4 Å². The number of ketones is 1. The summed E-state index contributed by atoms with van der Waals surface area (Å²) in [5, 5.41) is 206. The summed E-state index contributed by atoms with van der Waals surface area (Å²) in [5.41, 5.74) is -4.48. The Hall–Kier alpha value is -1.75. The largest absolute Gasteiger partial charge is 0.394 e. The maximum atomic E-state index is 15.7. The van der Waals surface area contributed by atoms with E-state index in [1.165, 1.54) is 0 Å². The van der Waals surface area contributed by atoms with Gasteiger partial charge in [-0.2, -0.15) is 0 Å². The lowest BCUT2D eigenvalue weighted by Gasteiger charge is -2.71. The number of rotatable bonds is 16. The highest BCUT2D eigenvalue weighted by molar-refractivity contribution is 5.90. The van der Waals surface area contributed by atoms with Crippen molar-refractivity contribution in [3.63, 3.8) is 0 Å². The second-order valence-corrected chi connectivity index (χ2v) is 29.3. The van der Waals surface area contributed by atoms with Gasteiger partial charge in [0.2, 0.25) is 0 Å². The number of aliphatic hydroxyl groups excluding tert-OH is 19.